The Labute approximate surface area is 136 Å². The Morgan fingerprint density at radius 1 is 1.24 bits per heavy atom. The molecule has 0 bridgehead atoms. The first-order valence-electron chi connectivity index (χ1n) is 7.11. The van der Waals surface area contributed by atoms with Crippen molar-refractivity contribution in [1.29, 1.82) is 0 Å². The number of hydrogen-bond donors (Lipinski definition) is 2. The van der Waals surface area contributed by atoms with Crippen molar-refractivity contribution in [3.8, 4) is 0 Å². The number of carbonyl (C=O) groups excluding carboxylic acids is 1. The number of aromatic amines is 1. The minimum atomic E-state index is -0.0543. The van der Waals surface area contributed by atoms with Crippen LogP contribution in [0.5, 0.6) is 0 Å². The van der Waals surface area contributed by atoms with Crippen LogP contribution in [0.25, 0.3) is 11.6 Å². The number of nitrogens with zero attached hydrogens (tertiary/aromatic N) is 1. The van der Waals surface area contributed by atoms with Crippen molar-refractivity contribution in [2.45, 2.75) is 25.7 Å². The van der Waals surface area contributed by atoms with Gasteiger partial charge in [-0.2, -0.15) is 0 Å². The minimum Gasteiger partial charge on any atom is -0.342 e. The van der Waals surface area contributed by atoms with E-state index in [0.29, 0.717) is 5.57 Å². The minimum absolute atomic E-state index is 0.0543. The van der Waals surface area contributed by atoms with Gasteiger partial charge in [0.25, 0.3) is 5.91 Å². The van der Waals surface area contributed by atoms with E-state index in [1.54, 1.807) is 0 Å². The summed E-state index contributed by atoms with van der Waals surface area (Å²) in [5, 5.41) is 2.90. The molecule has 1 aliphatic heterocycles. The summed E-state index contributed by atoms with van der Waals surface area (Å²) in [5.74, 6) is 0.736. The van der Waals surface area contributed by atoms with Crippen LogP contribution in [0.1, 0.15) is 35.6 Å². The molecular weight excluding hydrogens is 377 g/mol. The van der Waals surface area contributed by atoms with Gasteiger partial charge in [0, 0.05) is 20.5 Å². The van der Waals surface area contributed by atoms with Crippen molar-refractivity contribution in [2.75, 3.05) is 5.32 Å². The highest BCUT2D eigenvalue weighted by atomic mass is 127. The van der Waals surface area contributed by atoms with E-state index in [2.05, 4.69) is 37.9 Å². The zero-order chi connectivity index (χ0) is 14.4. The number of imidazole rings is 1. The molecular formula is C16H14IN3O. The molecule has 0 saturated heterocycles. The SMILES string of the molecule is O=C1Nc2ccc(I)cc2C1=Cc1nc2c([nH]1)CCCC2. The Morgan fingerprint density at radius 2 is 2.10 bits per heavy atom. The molecule has 2 heterocycles. The van der Waals surface area contributed by atoms with E-state index >= 15 is 0 Å². The number of amides is 1. The topological polar surface area (TPSA) is 57.8 Å². The molecule has 1 aliphatic carbocycles. The molecule has 4 rings (SSSR count). The summed E-state index contributed by atoms with van der Waals surface area (Å²) in [7, 11) is 0. The van der Waals surface area contributed by atoms with Crippen LogP contribution in [0.15, 0.2) is 18.2 Å². The van der Waals surface area contributed by atoms with Crippen LogP contribution >= 0.6 is 22.6 Å². The van der Waals surface area contributed by atoms with E-state index in [0.717, 1.165) is 39.2 Å². The zero-order valence-electron chi connectivity index (χ0n) is 11.4. The first-order valence-corrected chi connectivity index (χ1v) is 8.19. The second kappa shape index (κ2) is 4.98. The average Bonchev–Trinajstić information content (AvgIpc) is 3.01. The van der Waals surface area contributed by atoms with Crippen molar-refractivity contribution in [1.82, 2.24) is 9.97 Å². The lowest BCUT2D eigenvalue weighted by molar-refractivity contribution is -0.110. The fourth-order valence-electron chi connectivity index (χ4n) is 2.98. The van der Waals surface area contributed by atoms with E-state index in [1.165, 1.54) is 18.5 Å². The molecule has 5 heteroatoms. The number of aryl methyl sites for hydroxylation is 2. The van der Waals surface area contributed by atoms with Crippen molar-refractivity contribution < 1.29 is 4.79 Å². The fourth-order valence-corrected chi connectivity index (χ4v) is 3.48. The van der Waals surface area contributed by atoms with Crippen molar-refractivity contribution in [2.24, 2.45) is 0 Å². The molecule has 2 aliphatic rings. The Bertz CT molecular complexity index is 752. The molecule has 0 saturated carbocycles. The number of nitrogens with one attached hydrogen (secondary N) is 2. The largest absolute Gasteiger partial charge is 0.342 e. The first-order chi connectivity index (χ1) is 10.2. The molecule has 0 fully saturated rings. The van der Waals surface area contributed by atoms with Gasteiger partial charge in [-0.3, -0.25) is 4.79 Å². The van der Waals surface area contributed by atoms with Gasteiger partial charge in [-0.1, -0.05) is 0 Å². The molecule has 2 aromatic rings. The average molecular weight is 391 g/mol. The van der Waals surface area contributed by atoms with Gasteiger partial charge in [0.15, 0.2) is 0 Å². The predicted molar refractivity (Wildman–Crippen MR) is 90.9 cm³/mol. The zero-order valence-corrected chi connectivity index (χ0v) is 13.5. The molecule has 106 valence electrons. The van der Waals surface area contributed by atoms with Gasteiger partial charge in [-0.05, 0) is 72.5 Å². The molecule has 21 heavy (non-hydrogen) atoms. The smallest absolute Gasteiger partial charge is 0.256 e. The summed E-state index contributed by atoms with van der Waals surface area (Å²) in [6.07, 6.45) is 6.39. The Balaban J connectivity index is 1.78. The molecule has 0 atom stereocenters. The molecule has 0 unspecified atom stereocenters. The van der Waals surface area contributed by atoms with Crippen molar-refractivity contribution in [3.05, 3.63) is 44.5 Å². The first kappa shape index (κ1) is 13.1. The highest BCUT2D eigenvalue weighted by Crippen LogP contribution is 2.34. The van der Waals surface area contributed by atoms with Gasteiger partial charge in [-0.25, -0.2) is 4.98 Å². The van der Waals surface area contributed by atoms with Gasteiger partial charge >= 0.3 is 0 Å². The Morgan fingerprint density at radius 3 is 2.95 bits per heavy atom. The number of anilines is 1. The molecule has 1 aromatic carbocycles. The van der Waals surface area contributed by atoms with Gasteiger partial charge in [-0.15, -0.1) is 0 Å². The summed E-state index contributed by atoms with van der Waals surface area (Å²) in [5.41, 5.74) is 4.92. The lowest BCUT2D eigenvalue weighted by atomic mass is 10.0. The highest BCUT2D eigenvalue weighted by Gasteiger charge is 2.25. The summed E-state index contributed by atoms with van der Waals surface area (Å²) >= 11 is 2.26. The van der Waals surface area contributed by atoms with Crippen LogP contribution in [0.3, 0.4) is 0 Å². The molecule has 1 amide bonds. The van der Waals surface area contributed by atoms with Crippen LogP contribution in [-0.2, 0) is 17.6 Å². The Hall–Kier alpha value is -1.63. The third kappa shape index (κ3) is 2.29. The number of benzene rings is 1. The third-order valence-electron chi connectivity index (χ3n) is 4.02. The van der Waals surface area contributed by atoms with E-state index in [-0.39, 0.29) is 5.91 Å². The van der Waals surface area contributed by atoms with Crippen LogP contribution in [0.2, 0.25) is 0 Å². The quantitative estimate of drug-likeness (QED) is 0.579. The molecule has 4 nitrogen and oxygen atoms in total. The number of carbonyl (C=O) groups is 1. The molecule has 2 N–H and O–H groups in total. The monoisotopic (exact) mass is 391 g/mol. The van der Waals surface area contributed by atoms with E-state index in [1.807, 2.05) is 24.3 Å². The normalized spacial score (nSPS) is 18.5. The third-order valence-corrected chi connectivity index (χ3v) is 4.69. The van der Waals surface area contributed by atoms with Crippen LogP contribution in [0, 0.1) is 3.57 Å². The van der Waals surface area contributed by atoms with E-state index in [9.17, 15) is 4.79 Å². The lowest BCUT2D eigenvalue weighted by Gasteiger charge is -2.07. The van der Waals surface area contributed by atoms with Crippen LogP contribution in [0.4, 0.5) is 5.69 Å². The van der Waals surface area contributed by atoms with Crippen LogP contribution < -0.4 is 5.32 Å². The summed E-state index contributed by atoms with van der Waals surface area (Å²) < 4.78 is 1.12. The number of H-pyrrole nitrogens is 1. The second-order valence-electron chi connectivity index (χ2n) is 5.46. The maximum atomic E-state index is 12.2. The Kier molecular flexibility index (Phi) is 3.10. The number of hydrogen-bond acceptors (Lipinski definition) is 2. The van der Waals surface area contributed by atoms with E-state index < -0.39 is 0 Å². The van der Waals surface area contributed by atoms with Gasteiger partial charge < -0.3 is 10.3 Å². The maximum absolute atomic E-state index is 12.2. The van der Waals surface area contributed by atoms with E-state index in [4.69, 9.17) is 0 Å². The standard InChI is InChI=1S/C16H14IN3O/c17-9-5-6-12-10(7-9)11(16(21)20-12)8-15-18-13-3-1-2-4-14(13)19-15/h5-8H,1-4H2,(H,18,19)(H,20,21). The van der Waals surface area contributed by atoms with Crippen LogP contribution in [-0.4, -0.2) is 15.9 Å². The fraction of sp³-hybridized carbons (Fsp3) is 0.250. The number of halogens is 1. The number of aromatic nitrogens is 2. The maximum Gasteiger partial charge on any atom is 0.256 e. The van der Waals surface area contributed by atoms with Crippen molar-refractivity contribution in [3.63, 3.8) is 0 Å². The van der Waals surface area contributed by atoms with Gasteiger partial charge in [0.05, 0.1) is 11.3 Å². The molecule has 0 spiro atoms. The molecule has 1 aromatic heterocycles. The second-order valence-corrected chi connectivity index (χ2v) is 6.70. The lowest BCUT2D eigenvalue weighted by Crippen LogP contribution is -2.03. The summed E-state index contributed by atoms with van der Waals surface area (Å²) in [4.78, 5) is 20.2. The summed E-state index contributed by atoms with van der Waals surface area (Å²) in [6, 6.07) is 5.97. The van der Waals surface area contributed by atoms with Gasteiger partial charge in [0.2, 0.25) is 0 Å². The number of fused-ring (bicyclic) bond motifs is 2. The predicted octanol–water partition coefficient (Wildman–Crippen LogP) is 3.39. The summed E-state index contributed by atoms with van der Waals surface area (Å²) in [6.45, 7) is 0. The number of rotatable bonds is 1. The van der Waals surface area contributed by atoms with Gasteiger partial charge in [0.1, 0.15) is 5.82 Å². The molecule has 0 radical (unpaired) electrons. The van der Waals surface area contributed by atoms with Crippen molar-refractivity contribution >= 4 is 45.8 Å². The highest BCUT2D eigenvalue weighted by molar-refractivity contribution is 14.1.